The zero-order chi connectivity index (χ0) is 29.8. The number of nitrogens with zero attached hydrogens (tertiary/aromatic N) is 2. The van der Waals surface area contributed by atoms with Gasteiger partial charge in [-0.3, -0.25) is 4.40 Å². The van der Waals surface area contributed by atoms with Gasteiger partial charge in [0.05, 0.1) is 11.2 Å². The van der Waals surface area contributed by atoms with E-state index >= 15 is 4.39 Å². The third kappa shape index (κ3) is 5.95. The molecule has 0 amide bonds. The van der Waals surface area contributed by atoms with E-state index in [-0.39, 0.29) is 5.82 Å². The number of para-hydroxylation sites is 1. The van der Waals surface area contributed by atoms with E-state index in [1.54, 1.807) is 6.07 Å². The Balaban J connectivity index is 1.49. The van der Waals surface area contributed by atoms with Crippen molar-refractivity contribution in [1.82, 2.24) is 9.38 Å². The van der Waals surface area contributed by atoms with Crippen molar-refractivity contribution in [1.29, 1.82) is 0 Å². The van der Waals surface area contributed by atoms with E-state index in [0.29, 0.717) is 5.56 Å². The van der Waals surface area contributed by atoms with Gasteiger partial charge < -0.3 is 0 Å². The minimum Gasteiger partial charge on any atom is -0.298 e. The van der Waals surface area contributed by atoms with Crippen LogP contribution in [0.3, 0.4) is 0 Å². The fourth-order valence-corrected chi connectivity index (χ4v) is 6.62. The number of rotatable bonds is 12. The van der Waals surface area contributed by atoms with Crippen LogP contribution in [0.5, 0.6) is 0 Å². The molecular formula is C40H43FN2. The van der Waals surface area contributed by atoms with Crippen LogP contribution < -0.4 is 0 Å². The number of imidazole rings is 1. The number of halogens is 1. The molecular weight excluding hydrogens is 527 g/mol. The Bertz CT molecular complexity index is 1850. The van der Waals surface area contributed by atoms with E-state index in [9.17, 15) is 0 Å². The Hall–Kier alpha value is -3.98. The topological polar surface area (TPSA) is 17.3 Å². The summed E-state index contributed by atoms with van der Waals surface area (Å²) in [7, 11) is 0. The second-order valence-electron chi connectivity index (χ2n) is 12.1. The van der Waals surface area contributed by atoms with Crippen molar-refractivity contribution >= 4 is 27.3 Å². The number of benzene rings is 4. The van der Waals surface area contributed by atoms with Gasteiger partial charge in [-0.25, -0.2) is 9.37 Å². The fraction of sp³-hybridized carbons (Fsp3) is 0.325. The molecule has 3 heteroatoms. The Morgan fingerprint density at radius 3 is 1.91 bits per heavy atom. The maximum atomic E-state index is 15.9. The van der Waals surface area contributed by atoms with Crippen LogP contribution in [-0.4, -0.2) is 9.38 Å². The number of aromatic nitrogens is 2. The Kier molecular flexibility index (Phi) is 8.88. The van der Waals surface area contributed by atoms with Gasteiger partial charge in [0.15, 0.2) is 0 Å². The van der Waals surface area contributed by atoms with Gasteiger partial charge in [-0.15, -0.1) is 0 Å². The fourth-order valence-electron chi connectivity index (χ4n) is 6.62. The monoisotopic (exact) mass is 570 g/mol. The molecule has 43 heavy (non-hydrogen) atoms. The minimum atomic E-state index is -0.199. The highest BCUT2D eigenvalue weighted by Crippen LogP contribution is 2.41. The summed E-state index contributed by atoms with van der Waals surface area (Å²) < 4.78 is 18.1. The third-order valence-corrected chi connectivity index (χ3v) is 8.91. The molecule has 0 saturated carbocycles. The van der Waals surface area contributed by atoms with Crippen LogP contribution in [0.25, 0.3) is 49.6 Å². The molecule has 2 nitrogen and oxygen atoms in total. The molecule has 220 valence electrons. The molecule has 0 aliphatic rings. The van der Waals surface area contributed by atoms with E-state index in [4.69, 9.17) is 4.98 Å². The minimum absolute atomic E-state index is 0.199. The number of hydrogen-bond acceptors (Lipinski definition) is 1. The molecule has 4 aromatic carbocycles. The molecule has 2 heterocycles. The highest BCUT2D eigenvalue weighted by molar-refractivity contribution is 6.20. The quantitative estimate of drug-likeness (QED) is 0.106. The van der Waals surface area contributed by atoms with E-state index in [1.165, 1.54) is 68.1 Å². The lowest BCUT2D eigenvalue weighted by atomic mass is 9.92. The molecule has 0 aliphatic heterocycles. The summed E-state index contributed by atoms with van der Waals surface area (Å²) in [5.74, 6) is -0.199. The number of pyridine rings is 1. The predicted octanol–water partition coefficient (Wildman–Crippen LogP) is 11.7. The van der Waals surface area contributed by atoms with Crippen molar-refractivity contribution in [2.75, 3.05) is 0 Å². The summed E-state index contributed by atoms with van der Waals surface area (Å²) in [5.41, 5.74) is 9.45. The Labute approximate surface area is 255 Å². The lowest BCUT2D eigenvalue weighted by Gasteiger charge is -2.16. The molecule has 0 unspecified atom stereocenters. The second kappa shape index (κ2) is 13.1. The Morgan fingerprint density at radius 2 is 1.28 bits per heavy atom. The number of fused-ring (bicyclic) bond motifs is 6. The van der Waals surface area contributed by atoms with E-state index in [1.807, 2.05) is 13.0 Å². The van der Waals surface area contributed by atoms with Gasteiger partial charge in [0.1, 0.15) is 11.5 Å². The van der Waals surface area contributed by atoms with Gasteiger partial charge in [0.25, 0.3) is 0 Å². The van der Waals surface area contributed by atoms with Gasteiger partial charge >= 0.3 is 0 Å². The molecule has 0 N–H and O–H groups in total. The third-order valence-electron chi connectivity index (χ3n) is 8.91. The summed E-state index contributed by atoms with van der Waals surface area (Å²) in [4.78, 5) is 4.96. The predicted molar refractivity (Wildman–Crippen MR) is 181 cm³/mol. The van der Waals surface area contributed by atoms with Gasteiger partial charge in [-0.05, 0) is 67.0 Å². The van der Waals surface area contributed by atoms with Gasteiger partial charge in [-0.2, -0.15) is 0 Å². The van der Waals surface area contributed by atoms with Crippen LogP contribution in [0.1, 0.15) is 82.0 Å². The van der Waals surface area contributed by atoms with Crippen molar-refractivity contribution in [3.63, 3.8) is 0 Å². The molecule has 0 atom stereocenters. The maximum Gasteiger partial charge on any atom is 0.145 e. The standard InChI is InChI=1S/C40H43FN2/c1-4-6-8-10-13-29-17-21-31(22-18-29)33-15-12-16-34-38-35(40-42-28(3)27-43(40)39(33)34)25-26-36(41)37(38)32-23-19-30(20-24-32)14-11-9-7-5-2/h12,15-27H,4-11,13-14H2,1-3H3. The molecule has 2 aromatic heterocycles. The molecule has 0 radical (unpaired) electrons. The highest BCUT2D eigenvalue weighted by atomic mass is 19.1. The van der Waals surface area contributed by atoms with Crippen LogP contribution in [0.2, 0.25) is 0 Å². The molecule has 6 rings (SSSR count). The first-order valence-corrected chi connectivity index (χ1v) is 16.3. The van der Waals surface area contributed by atoms with Crippen molar-refractivity contribution in [2.45, 2.75) is 85.0 Å². The number of aryl methyl sites for hydroxylation is 3. The molecule has 6 aromatic rings. The smallest absolute Gasteiger partial charge is 0.145 e. The van der Waals surface area contributed by atoms with E-state index in [0.717, 1.165) is 57.0 Å². The molecule has 0 spiro atoms. The molecule has 0 aliphatic carbocycles. The summed E-state index contributed by atoms with van der Waals surface area (Å²) in [6, 6.07) is 27.5. The summed E-state index contributed by atoms with van der Waals surface area (Å²) >= 11 is 0. The first kappa shape index (κ1) is 29.1. The van der Waals surface area contributed by atoms with Crippen LogP contribution in [0.4, 0.5) is 4.39 Å². The van der Waals surface area contributed by atoms with Crippen LogP contribution in [0, 0.1) is 12.7 Å². The van der Waals surface area contributed by atoms with Gasteiger partial charge in [0, 0.05) is 33.5 Å². The van der Waals surface area contributed by atoms with Gasteiger partial charge in [0.2, 0.25) is 0 Å². The molecule has 0 fully saturated rings. The lowest BCUT2D eigenvalue weighted by molar-refractivity contribution is 0.633. The van der Waals surface area contributed by atoms with Crippen molar-refractivity contribution in [2.24, 2.45) is 0 Å². The van der Waals surface area contributed by atoms with Crippen molar-refractivity contribution < 1.29 is 4.39 Å². The van der Waals surface area contributed by atoms with Crippen LogP contribution in [-0.2, 0) is 12.8 Å². The number of unbranched alkanes of at least 4 members (excludes halogenated alkanes) is 6. The van der Waals surface area contributed by atoms with E-state index in [2.05, 4.69) is 91.2 Å². The molecule has 0 saturated heterocycles. The van der Waals surface area contributed by atoms with Gasteiger partial charge in [-0.1, -0.05) is 119 Å². The summed E-state index contributed by atoms with van der Waals surface area (Å²) in [6.45, 7) is 6.53. The second-order valence-corrected chi connectivity index (χ2v) is 12.1. The van der Waals surface area contributed by atoms with Crippen molar-refractivity contribution in [3.8, 4) is 22.3 Å². The van der Waals surface area contributed by atoms with Crippen LogP contribution >= 0.6 is 0 Å². The summed E-state index contributed by atoms with van der Waals surface area (Å²) in [5, 5.41) is 2.94. The summed E-state index contributed by atoms with van der Waals surface area (Å²) in [6.07, 6.45) is 14.3. The zero-order valence-corrected chi connectivity index (χ0v) is 25.9. The average Bonchev–Trinajstić information content (AvgIpc) is 3.43. The van der Waals surface area contributed by atoms with Crippen molar-refractivity contribution in [3.05, 3.63) is 108 Å². The zero-order valence-electron chi connectivity index (χ0n) is 25.9. The average molecular weight is 571 g/mol. The largest absolute Gasteiger partial charge is 0.298 e. The first-order chi connectivity index (χ1) is 21.1. The van der Waals surface area contributed by atoms with Crippen LogP contribution in [0.15, 0.2) is 85.1 Å². The number of hydrogen-bond donors (Lipinski definition) is 0. The normalized spacial score (nSPS) is 11.7. The Morgan fingerprint density at radius 1 is 0.651 bits per heavy atom. The SMILES string of the molecule is CCCCCCc1ccc(-c2c(F)ccc3c2c2cccc(-c4ccc(CCCCCC)cc4)c2n2cc(C)nc32)cc1. The molecule has 0 bridgehead atoms. The lowest BCUT2D eigenvalue weighted by Crippen LogP contribution is -1.97. The highest BCUT2D eigenvalue weighted by Gasteiger charge is 2.20. The van der Waals surface area contributed by atoms with E-state index < -0.39 is 0 Å². The maximum absolute atomic E-state index is 15.9. The first-order valence-electron chi connectivity index (χ1n) is 16.3.